The Morgan fingerprint density at radius 1 is 1.26 bits per heavy atom. The molecule has 2 rings (SSSR count). The zero-order chi connectivity index (χ0) is 17.2. The first-order valence-corrected chi connectivity index (χ1v) is 8.34. The van der Waals surface area contributed by atoms with Crippen LogP contribution >= 0.6 is 23.4 Å². The van der Waals surface area contributed by atoms with Gasteiger partial charge in [0, 0.05) is 11.3 Å². The molecule has 124 valence electrons. The Morgan fingerprint density at radius 3 is 2.39 bits per heavy atom. The van der Waals surface area contributed by atoms with Gasteiger partial charge in [0.25, 0.3) is 12.0 Å². The third-order valence-corrected chi connectivity index (χ3v) is 4.72. The lowest BCUT2D eigenvalue weighted by atomic mass is 10.1. The van der Waals surface area contributed by atoms with Crippen molar-refractivity contribution < 1.29 is 8.78 Å². The molecule has 0 aliphatic carbocycles. The molecule has 0 amide bonds. The Morgan fingerprint density at radius 2 is 1.87 bits per heavy atom. The molecule has 0 N–H and O–H groups in total. The van der Waals surface area contributed by atoms with E-state index in [1.807, 2.05) is 20.8 Å². The quantitative estimate of drug-likeness (QED) is 0.730. The molecule has 0 radical (unpaired) electrons. The monoisotopic (exact) mass is 358 g/mol. The molecule has 0 atom stereocenters. The third-order valence-electron chi connectivity index (χ3n) is 3.15. The van der Waals surface area contributed by atoms with E-state index in [-0.39, 0.29) is 16.1 Å². The van der Waals surface area contributed by atoms with Crippen LogP contribution in [-0.2, 0) is 11.3 Å². The van der Waals surface area contributed by atoms with Crippen molar-refractivity contribution in [2.45, 2.75) is 43.4 Å². The predicted molar refractivity (Wildman–Crippen MR) is 89.5 cm³/mol. The Labute approximate surface area is 142 Å². The van der Waals surface area contributed by atoms with Crippen LogP contribution in [-0.4, -0.2) is 9.78 Å². The highest BCUT2D eigenvalue weighted by atomic mass is 35.5. The van der Waals surface area contributed by atoms with Crippen LogP contribution in [0.2, 0.25) is 5.02 Å². The minimum Gasteiger partial charge on any atom is -0.266 e. The van der Waals surface area contributed by atoms with Crippen LogP contribution in [0.3, 0.4) is 0 Å². The normalized spacial score (nSPS) is 12.0. The maximum Gasteiger partial charge on any atom is 0.287 e. The Kier molecular flexibility index (Phi) is 5.47. The third kappa shape index (κ3) is 4.32. The summed E-state index contributed by atoms with van der Waals surface area (Å²) in [6.07, 6.45) is -0.909. The fourth-order valence-corrected chi connectivity index (χ4v) is 3.06. The highest BCUT2D eigenvalue weighted by molar-refractivity contribution is 7.98. The number of hydrogen-bond acceptors (Lipinski definition) is 3. The molecule has 1 heterocycles. The van der Waals surface area contributed by atoms with Gasteiger partial charge in [-0.2, -0.15) is 5.10 Å². The fraction of sp³-hybridized carbons (Fsp3) is 0.375. The van der Waals surface area contributed by atoms with Gasteiger partial charge in [-0.3, -0.25) is 4.79 Å². The second-order valence-electron chi connectivity index (χ2n) is 6.04. The van der Waals surface area contributed by atoms with Crippen molar-refractivity contribution >= 4 is 23.4 Å². The lowest BCUT2D eigenvalue weighted by molar-refractivity contribution is 0.151. The minimum atomic E-state index is -2.47. The second-order valence-corrected chi connectivity index (χ2v) is 7.44. The van der Waals surface area contributed by atoms with Crippen molar-refractivity contribution in [3.63, 3.8) is 0 Å². The summed E-state index contributed by atoms with van der Waals surface area (Å²) in [5.74, 6) is 0.518. The van der Waals surface area contributed by atoms with Crippen LogP contribution in [0.4, 0.5) is 8.78 Å². The van der Waals surface area contributed by atoms with Gasteiger partial charge in [0.05, 0.1) is 16.6 Å². The molecule has 0 aliphatic rings. The first-order valence-electron chi connectivity index (χ1n) is 6.98. The van der Waals surface area contributed by atoms with Crippen molar-refractivity contribution in [3.05, 3.63) is 57.0 Å². The molecule has 0 bridgehead atoms. The van der Waals surface area contributed by atoms with Crippen LogP contribution in [0.1, 0.15) is 38.3 Å². The number of halogens is 3. The Bertz CT molecular complexity index is 739. The van der Waals surface area contributed by atoms with Gasteiger partial charge in [0.15, 0.2) is 0 Å². The number of thioether (sulfide) groups is 1. The molecule has 0 unspecified atom stereocenters. The molecular weight excluding hydrogens is 342 g/mol. The number of aromatic nitrogens is 2. The molecule has 1 aromatic carbocycles. The van der Waals surface area contributed by atoms with Gasteiger partial charge in [0.1, 0.15) is 5.02 Å². The molecule has 0 aliphatic heterocycles. The van der Waals surface area contributed by atoms with Crippen molar-refractivity contribution in [3.8, 4) is 0 Å². The number of rotatable bonds is 4. The van der Waals surface area contributed by atoms with E-state index in [9.17, 15) is 13.6 Å². The number of hydrogen-bond donors (Lipinski definition) is 0. The van der Waals surface area contributed by atoms with Crippen molar-refractivity contribution in [2.24, 2.45) is 0 Å². The van der Waals surface area contributed by atoms with Gasteiger partial charge < -0.3 is 0 Å². The van der Waals surface area contributed by atoms with E-state index in [1.54, 1.807) is 18.3 Å². The van der Waals surface area contributed by atoms with Crippen molar-refractivity contribution in [2.75, 3.05) is 0 Å². The average Bonchev–Trinajstić information content (AvgIpc) is 2.48. The largest absolute Gasteiger partial charge is 0.287 e. The van der Waals surface area contributed by atoms with Crippen LogP contribution in [0.5, 0.6) is 0 Å². The van der Waals surface area contributed by atoms with E-state index in [2.05, 4.69) is 5.10 Å². The fourth-order valence-electron chi connectivity index (χ4n) is 1.92. The molecule has 0 spiro atoms. The number of alkyl halides is 2. The van der Waals surface area contributed by atoms with E-state index >= 15 is 0 Å². The van der Waals surface area contributed by atoms with Gasteiger partial charge >= 0.3 is 0 Å². The summed E-state index contributed by atoms with van der Waals surface area (Å²) in [5, 5.41) is 4.29. The zero-order valence-corrected chi connectivity index (χ0v) is 14.6. The summed E-state index contributed by atoms with van der Waals surface area (Å²) >= 11 is 7.50. The van der Waals surface area contributed by atoms with E-state index < -0.39 is 12.0 Å². The number of nitrogens with zero attached hydrogens (tertiary/aromatic N) is 2. The molecule has 1 aromatic heterocycles. The molecule has 3 nitrogen and oxygen atoms in total. The van der Waals surface area contributed by atoms with Gasteiger partial charge in [-0.1, -0.05) is 35.9 Å². The van der Waals surface area contributed by atoms with E-state index in [4.69, 9.17) is 11.6 Å². The van der Waals surface area contributed by atoms with Gasteiger partial charge in [0.2, 0.25) is 0 Å². The van der Waals surface area contributed by atoms with E-state index in [0.29, 0.717) is 10.6 Å². The predicted octanol–water partition coefficient (Wildman–Crippen LogP) is 4.88. The van der Waals surface area contributed by atoms with Crippen LogP contribution < -0.4 is 5.56 Å². The molecular formula is C16H17ClF2N2OS. The summed E-state index contributed by atoms with van der Waals surface area (Å²) < 4.78 is 26.4. The second kappa shape index (κ2) is 7.01. The molecule has 7 heteroatoms. The van der Waals surface area contributed by atoms with Gasteiger partial charge in [-0.05, 0) is 26.3 Å². The molecule has 0 saturated heterocycles. The maximum absolute atomic E-state index is 12.5. The summed E-state index contributed by atoms with van der Waals surface area (Å²) in [4.78, 5) is 12.8. The summed E-state index contributed by atoms with van der Waals surface area (Å²) in [5.41, 5.74) is 0.0774. The number of benzene rings is 1. The summed E-state index contributed by atoms with van der Waals surface area (Å²) in [6, 6.07) is 6.09. The first kappa shape index (κ1) is 17.9. The summed E-state index contributed by atoms with van der Waals surface area (Å²) in [6.45, 7) is 5.61. The molecule has 2 aromatic rings. The zero-order valence-electron chi connectivity index (χ0n) is 13.0. The van der Waals surface area contributed by atoms with E-state index in [1.165, 1.54) is 28.6 Å². The minimum absolute atomic E-state index is 0.00813. The van der Waals surface area contributed by atoms with Crippen molar-refractivity contribution in [1.29, 1.82) is 0 Å². The van der Waals surface area contributed by atoms with E-state index in [0.717, 1.165) is 5.56 Å². The van der Waals surface area contributed by atoms with Crippen LogP contribution in [0.25, 0.3) is 0 Å². The summed E-state index contributed by atoms with van der Waals surface area (Å²) in [7, 11) is 0. The smallest absolute Gasteiger partial charge is 0.266 e. The first-order chi connectivity index (χ1) is 10.7. The lowest BCUT2D eigenvalue weighted by Crippen LogP contribution is -2.36. The topological polar surface area (TPSA) is 34.9 Å². The standard InChI is InChI=1S/C16H17ClF2N2OS/c1-16(2,3)21-15(22)13(17)12(8-20-21)23-9-10-4-6-11(7-5-10)14(18)19/h4-8,14H,9H2,1-3H3. The Hall–Kier alpha value is -1.40. The highest BCUT2D eigenvalue weighted by Gasteiger charge is 2.19. The van der Waals surface area contributed by atoms with Crippen LogP contribution in [0.15, 0.2) is 40.2 Å². The van der Waals surface area contributed by atoms with Gasteiger partial charge in [-0.15, -0.1) is 11.8 Å². The molecule has 0 saturated carbocycles. The SMILES string of the molecule is CC(C)(C)n1ncc(SCc2ccc(C(F)F)cc2)c(Cl)c1=O. The Balaban J connectivity index is 2.15. The maximum atomic E-state index is 12.5. The van der Waals surface area contributed by atoms with Gasteiger partial charge in [-0.25, -0.2) is 13.5 Å². The van der Waals surface area contributed by atoms with Crippen molar-refractivity contribution in [1.82, 2.24) is 9.78 Å². The molecule has 0 fully saturated rings. The highest BCUT2D eigenvalue weighted by Crippen LogP contribution is 2.28. The van der Waals surface area contributed by atoms with Crippen LogP contribution in [0, 0.1) is 0 Å². The average molecular weight is 359 g/mol. The lowest BCUT2D eigenvalue weighted by Gasteiger charge is -2.21. The molecule has 23 heavy (non-hydrogen) atoms.